The Kier molecular flexibility index (Phi) is 3.62. The van der Waals surface area contributed by atoms with Crippen LogP contribution in [0, 0.1) is 0 Å². The highest BCUT2D eigenvalue weighted by Gasteiger charge is 2.12. The fourth-order valence-electron chi connectivity index (χ4n) is 2.27. The molecule has 0 spiro atoms. The number of esters is 1. The molecule has 0 saturated heterocycles. The average Bonchev–Trinajstić information content (AvgIpc) is 2.88. The van der Waals surface area contributed by atoms with Crippen LogP contribution >= 0.6 is 23.2 Å². The lowest BCUT2D eigenvalue weighted by molar-refractivity contribution is 0.0601. The molecule has 106 valence electrons. The van der Waals surface area contributed by atoms with Gasteiger partial charge in [0.15, 0.2) is 0 Å². The third-order valence-electron chi connectivity index (χ3n) is 3.27. The number of rotatable bonds is 2. The summed E-state index contributed by atoms with van der Waals surface area (Å²) < 4.78 is 4.72. The smallest absolute Gasteiger partial charge is 0.337 e. The van der Waals surface area contributed by atoms with Crippen LogP contribution in [0.5, 0.6) is 0 Å². The fourth-order valence-corrected chi connectivity index (χ4v) is 2.87. The van der Waals surface area contributed by atoms with Gasteiger partial charge in [-0.1, -0.05) is 29.3 Å². The molecule has 3 aromatic rings. The molecule has 0 aliphatic carbocycles. The maximum atomic E-state index is 11.6. The molecule has 0 unspecified atom stereocenters. The lowest BCUT2D eigenvalue weighted by atomic mass is 10.1. The summed E-state index contributed by atoms with van der Waals surface area (Å²) >= 11 is 12.4. The zero-order chi connectivity index (χ0) is 15.0. The molecular formula is C16H11Cl2NO2. The first-order chi connectivity index (χ1) is 10.1. The largest absolute Gasteiger partial charge is 0.465 e. The van der Waals surface area contributed by atoms with E-state index in [1.54, 1.807) is 30.3 Å². The molecule has 0 radical (unpaired) electrons. The second-order valence-electron chi connectivity index (χ2n) is 4.57. The van der Waals surface area contributed by atoms with Crippen LogP contribution in [0.25, 0.3) is 22.2 Å². The van der Waals surface area contributed by atoms with E-state index in [-0.39, 0.29) is 5.97 Å². The molecule has 0 saturated carbocycles. The van der Waals surface area contributed by atoms with Crippen molar-refractivity contribution in [1.29, 1.82) is 0 Å². The zero-order valence-corrected chi connectivity index (χ0v) is 12.6. The minimum Gasteiger partial charge on any atom is -0.465 e. The average molecular weight is 320 g/mol. The Labute approximate surface area is 131 Å². The van der Waals surface area contributed by atoms with Crippen LogP contribution in [0.4, 0.5) is 0 Å². The summed E-state index contributed by atoms with van der Waals surface area (Å²) in [6.07, 6.45) is 0. The van der Waals surface area contributed by atoms with E-state index in [0.717, 1.165) is 22.2 Å². The van der Waals surface area contributed by atoms with Crippen LogP contribution in [0.2, 0.25) is 10.0 Å². The molecule has 2 aromatic carbocycles. The van der Waals surface area contributed by atoms with E-state index >= 15 is 0 Å². The molecule has 0 aliphatic rings. The normalized spacial score (nSPS) is 10.8. The molecule has 0 atom stereocenters. The van der Waals surface area contributed by atoms with Gasteiger partial charge in [0.2, 0.25) is 0 Å². The zero-order valence-electron chi connectivity index (χ0n) is 11.1. The van der Waals surface area contributed by atoms with Gasteiger partial charge in [-0.3, -0.25) is 0 Å². The quantitative estimate of drug-likeness (QED) is 0.680. The number of H-pyrrole nitrogens is 1. The predicted octanol–water partition coefficient (Wildman–Crippen LogP) is 4.93. The third-order valence-corrected chi connectivity index (χ3v) is 3.90. The summed E-state index contributed by atoms with van der Waals surface area (Å²) in [5, 5.41) is 2.04. The molecule has 5 heteroatoms. The molecule has 21 heavy (non-hydrogen) atoms. The number of halogens is 2. The van der Waals surface area contributed by atoms with Crippen LogP contribution in [0.15, 0.2) is 42.5 Å². The van der Waals surface area contributed by atoms with E-state index in [0.29, 0.717) is 15.6 Å². The number of methoxy groups -OCH3 is 1. The Morgan fingerprint density at radius 3 is 2.48 bits per heavy atom. The Morgan fingerprint density at radius 1 is 1.10 bits per heavy atom. The summed E-state index contributed by atoms with van der Waals surface area (Å²) in [6.45, 7) is 0. The van der Waals surface area contributed by atoms with Gasteiger partial charge < -0.3 is 9.72 Å². The van der Waals surface area contributed by atoms with Crippen molar-refractivity contribution in [2.24, 2.45) is 0 Å². The van der Waals surface area contributed by atoms with Crippen LogP contribution < -0.4 is 0 Å². The Bertz CT molecular complexity index is 819. The second-order valence-corrected chi connectivity index (χ2v) is 5.39. The van der Waals surface area contributed by atoms with Gasteiger partial charge in [0, 0.05) is 22.2 Å². The monoisotopic (exact) mass is 319 g/mol. The first kappa shape index (κ1) is 14.0. The van der Waals surface area contributed by atoms with Gasteiger partial charge in [-0.25, -0.2) is 4.79 Å². The fraction of sp³-hybridized carbons (Fsp3) is 0.0625. The van der Waals surface area contributed by atoms with Gasteiger partial charge in [-0.05, 0) is 36.4 Å². The summed E-state index contributed by atoms with van der Waals surface area (Å²) in [4.78, 5) is 14.8. The van der Waals surface area contributed by atoms with E-state index in [4.69, 9.17) is 27.9 Å². The lowest BCUT2D eigenvalue weighted by Gasteiger charge is -2.03. The second kappa shape index (κ2) is 5.43. The van der Waals surface area contributed by atoms with Gasteiger partial charge in [0.25, 0.3) is 0 Å². The third kappa shape index (κ3) is 2.50. The van der Waals surface area contributed by atoms with Gasteiger partial charge in [0.05, 0.1) is 22.7 Å². The van der Waals surface area contributed by atoms with Crippen molar-refractivity contribution >= 4 is 40.1 Å². The van der Waals surface area contributed by atoms with Crippen LogP contribution in [0.3, 0.4) is 0 Å². The molecule has 3 nitrogen and oxygen atoms in total. The number of ether oxygens (including phenoxy) is 1. The highest BCUT2D eigenvalue weighted by molar-refractivity contribution is 6.39. The lowest BCUT2D eigenvalue weighted by Crippen LogP contribution is -2.00. The van der Waals surface area contributed by atoms with E-state index in [2.05, 4.69) is 4.98 Å². The Morgan fingerprint density at radius 2 is 1.81 bits per heavy atom. The maximum Gasteiger partial charge on any atom is 0.337 e. The van der Waals surface area contributed by atoms with Gasteiger partial charge >= 0.3 is 5.97 Å². The molecule has 0 bridgehead atoms. The van der Waals surface area contributed by atoms with E-state index < -0.39 is 0 Å². The number of hydrogen-bond acceptors (Lipinski definition) is 2. The number of aromatic nitrogens is 1. The number of hydrogen-bond donors (Lipinski definition) is 1. The van der Waals surface area contributed by atoms with Crippen molar-refractivity contribution in [2.45, 2.75) is 0 Å². The van der Waals surface area contributed by atoms with Crippen LogP contribution in [-0.2, 0) is 4.74 Å². The summed E-state index contributed by atoms with van der Waals surface area (Å²) in [6, 6.07) is 12.6. The van der Waals surface area contributed by atoms with E-state index in [1.807, 2.05) is 12.1 Å². The molecule has 1 aromatic heterocycles. The number of nitrogens with one attached hydrogen (secondary N) is 1. The topological polar surface area (TPSA) is 42.1 Å². The molecule has 1 N–H and O–H groups in total. The van der Waals surface area contributed by atoms with Crippen molar-refractivity contribution in [3.8, 4) is 11.3 Å². The highest BCUT2D eigenvalue weighted by atomic mass is 35.5. The van der Waals surface area contributed by atoms with Crippen molar-refractivity contribution < 1.29 is 9.53 Å². The van der Waals surface area contributed by atoms with Crippen molar-refractivity contribution in [3.05, 3.63) is 58.1 Å². The molecule has 0 aliphatic heterocycles. The van der Waals surface area contributed by atoms with E-state index in [1.165, 1.54) is 7.11 Å². The first-order valence-electron chi connectivity index (χ1n) is 6.25. The Hall–Kier alpha value is -1.97. The van der Waals surface area contributed by atoms with Crippen molar-refractivity contribution in [3.63, 3.8) is 0 Å². The molecule has 0 fully saturated rings. The maximum absolute atomic E-state index is 11.6. The summed E-state index contributed by atoms with van der Waals surface area (Å²) in [5.74, 6) is -0.365. The molecule has 3 rings (SSSR count). The van der Waals surface area contributed by atoms with Crippen LogP contribution in [-0.4, -0.2) is 18.1 Å². The first-order valence-corrected chi connectivity index (χ1v) is 7.01. The van der Waals surface area contributed by atoms with Crippen LogP contribution in [0.1, 0.15) is 10.4 Å². The highest BCUT2D eigenvalue weighted by Crippen LogP contribution is 2.35. The molecular weight excluding hydrogens is 309 g/mol. The molecule has 1 heterocycles. The number of carbonyl (C=O) groups excluding carboxylic acids is 1. The molecule has 0 amide bonds. The Balaban J connectivity index is 2.15. The minimum atomic E-state index is -0.365. The summed E-state index contributed by atoms with van der Waals surface area (Å²) in [5.41, 5.74) is 2.95. The van der Waals surface area contributed by atoms with Gasteiger partial charge in [-0.2, -0.15) is 0 Å². The van der Waals surface area contributed by atoms with Gasteiger partial charge in [-0.15, -0.1) is 0 Å². The SMILES string of the molecule is COC(=O)c1ccc2[nH]c(-c3c(Cl)cccc3Cl)cc2c1. The van der Waals surface area contributed by atoms with Crippen molar-refractivity contribution in [2.75, 3.05) is 7.11 Å². The number of aromatic amines is 1. The standard InChI is InChI=1S/C16H11Cl2NO2/c1-21-16(20)9-5-6-13-10(7-9)8-14(19-13)15-11(17)3-2-4-12(15)18/h2-8,19H,1H3. The van der Waals surface area contributed by atoms with Gasteiger partial charge in [0.1, 0.15) is 0 Å². The number of fused-ring (bicyclic) bond motifs is 1. The predicted molar refractivity (Wildman–Crippen MR) is 85.1 cm³/mol. The van der Waals surface area contributed by atoms with E-state index in [9.17, 15) is 4.79 Å². The number of carbonyl (C=O) groups is 1. The van der Waals surface area contributed by atoms with Crippen molar-refractivity contribution in [1.82, 2.24) is 4.98 Å². The summed E-state index contributed by atoms with van der Waals surface area (Å²) in [7, 11) is 1.36. The minimum absolute atomic E-state index is 0.365. The number of benzene rings is 2.